The number of carbonyl (C=O) groups is 1. The predicted octanol–water partition coefficient (Wildman–Crippen LogP) is 7.00. The molecule has 3 rings (SSSR count). The number of allylic oxidation sites excluding steroid dienone is 1. The third-order valence-electron chi connectivity index (χ3n) is 5.86. The molecule has 0 fully saturated rings. The number of hydrogen-bond acceptors (Lipinski definition) is 7. The molecule has 42 heavy (non-hydrogen) atoms. The number of rotatable bonds is 8. The molecular formula is C30H35F5N2O5. The summed E-state index contributed by atoms with van der Waals surface area (Å²) in [6.07, 6.45) is 2.08. The third kappa shape index (κ3) is 11.4. The number of phenols is 1. The van der Waals surface area contributed by atoms with Crippen molar-refractivity contribution in [1.29, 1.82) is 0 Å². The van der Waals surface area contributed by atoms with Crippen molar-refractivity contribution in [3.8, 4) is 17.5 Å². The highest BCUT2D eigenvalue weighted by molar-refractivity contribution is 5.91. The van der Waals surface area contributed by atoms with Crippen molar-refractivity contribution in [3.63, 3.8) is 0 Å². The molecule has 0 bridgehead atoms. The van der Waals surface area contributed by atoms with Crippen LogP contribution in [-0.4, -0.2) is 55.0 Å². The van der Waals surface area contributed by atoms with Crippen LogP contribution in [0.5, 0.6) is 17.5 Å². The Labute approximate surface area is 242 Å². The summed E-state index contributed by atoms with van der Waals surface area (Å²) in [5.74, 6) is -5.39. The topological polar surface area (TPSA) is 90.8 Å². The van der Waals surface area contributed by atoms with Gasteiger partial charge in [-0.2, -0.15) is 17.6 Å². The van der Waals surface area contributed by atoms with E-state index in [1.165, 1.54) is 51.3 Å². The molecule has 0 saturated heterocycles. The summed E-state index contributed by atoms with van der Waals surface area (Å²) in [6.45, 7) is 5.91. The van der Waals surface area contributed by atoms with E-state index in [1.807, 2.05) is 13.8 Å². The van der Waals surface area contributed by atoms with E-state index in [0.717, 1.165) is 23.8 Å². The van der Waals surface area contributed by atoms with Crippen molar-refractivity contribution in [2.24, 2.45) is 5.92 Å². The Morgan fingerprint density at radius 3 is 2.12 bits per heavy atom. The highest BCUT2D eigenvalue weighted by Crippen LogP contribution is 2.42. The maximum Gasteiger partial charge on any atom is 0.394 e. The Bertz CT molecular complexity index is 1310. The lowest BCUT2D eigenvalue weighted by Gasteiger charge is -2.26. The van der Waals surface area contributed by atoms with Crippen LogP contribution in [0.25, 0.3) is 6.08 Å². The van der Waals surface area contributed by atoms with Crippen LogP contribution in [-0.2, 0) is 9.53 Å². The Balaban J connectivity index is 0.000000342. The molecule has 0 aliphatic heterocycles. The van der Waals surface area contributed by atoms with Crippen LogP contribution in [0.3, 0.4) is 0 Å². The number of aryl methyl sites for hydroxylation is 2. The number of phenolic OH excluding ortho intramolecular Hbond substituents is 1. The summed E-state index contributed by atoms with van der Waals surface area (Å²) >= 11 is 0. The second-order valence-electron chi connectivity index (χ2n) is 9.10. The van der Waals surface area contributed by atoms with Crippen LogP contribution in [0, 0.1) is 31.4 Å². The van der Waals surface area contributed by atoms with Crippen LogP contribution in [0.15, 0.2) is 48.8 Å². The molecule has 2 atom stereocenters. The van der Waals surface area contributed by atoms with Crippen LogP contribution >= 0.6 is 0 Å². The summed E-state index contributed by atoms with van der Waals surface area (Å²) in [4.78, 5) is 18.4. The minimum Gasteiger partial charge on any atom is -0.505 e. The summed E-state index contributed by atoms with van der Waals surface area (Å²) in [5, 5.41) is 9.70. The minimum atomic E-state index is -4.52. The van der Waals surface area contributed by atoms with E-state index in [4.69, 9.17) is 4.74 Å². The number of halogens is 5. The van der Waals surface area contributed by atoms with Gasteiger partial charge in [0.1, 0.15) is 5.82 Å². The fraction of sp³-hybridized carbons (Fsp3) is 0.367. The number of hydrogen-bond donors (Lipinski definition) is 1. The van der Waals surface area contributed by atoms with Crippen LogP contribution in [0.2, 0.25) is 0 Å². The van der Waals surface area contributed by atoms with Crippen LogP contribution < -0.4 is 9.47 Å². The number of aromatic nitrogens is 2. The Kier molecular flexibility index (Phi) is 14.6. The van der Waals surface area contributed by atoms with Gasteiger partial charge in [-0.3, -0.25) is 4.79 Å². The van der Waals surface area contributed by atoms with E-state index in [9.17, 15) is 31.9 Å². The minimum absolute atomic E-state index is 0.0104. The van der Waals surface area contributed by atoms with Crippen molar-refractivity contribution in [3.05, 3.63) is 82.7 Å². The number of nitrogens with zero attached hydrogens (tertiary/aromatic N) is 2. The van der Waals surface area contributed by atoms with Gasteiger partial charge < -0.3 is 19.3 Å². The van der Waals surface area contributed by atoms with Gasteiger partial charge in [-0.1, -0.05) is 25.1 Å². The molecule has 7 nitrogen and oxygen atoms in total. The largest absolute Gasteiger partial charge is 0.505 e. The molecule has 0 amide bonds. The Morgan fingerprint density at radius 1 is 1.02 bits per heavy atom. The first-order valence-electron chi connectivity index (χ1n) is 12.5. The Morgan fingerprint density at radius 2 is 1.64 bits per heavy atom. The fourth-order valence-electron chi connectivity index (χ4n) is 3.52. The first kappa shape index (κ1) is 36.0. The average molecular weight is 599 g/mol. The van der Waals surface area contributed by atoms with E-state index in [0.29, 0.717) is 6.01 Å². The molecule has 3 aromatic rings. The second-order valence-corrected chi connectivity index (χ2v) is 9.10. The fourth-order valence-corrected chi connectivity index (χ4v) is 3.52. The zero-order valence-electron chi connectivity index (χ0n) is 24.4. The van der Waals surface area contributed by atoms with Gasteiger partial charge in [-0.05, 0) is 67.7 Å². The molecule has 0 saturated carbocycles. The van der Waals surface area contributed by atoms with Crippen molar-refractivity contribution in [2.75, 3.05) is 27.9 Å². The lowest BCUT2D eigenvalue weighted by molar-refractivity contribution is -0.191. The van der Waals surface area contributed by atoms with Gasteiger partial charge in [0, 0.05) is 25.1 Å². The number of ketones is 1. The number of methoxy groups -OCH3 is 3. The third-order valence-corrected chi connectivity index (χ3v) is 5.86. The summed E-state index contributed by atoms with van der Waals surface area (Å²) < 4.78 is 79.1. The first-order valence-corrected chi connectivity index (χ1v) is 12.5. The molecule has 2 aromatic carbocycles. The molecule has 0 aliphatic rings. The lowest BCUT2D eigenvalue weighted by atomic mass is 9.86. The zero-order valence-corrected chi connectivity index (χ0v) is 24.4. The molecule has 0 spiro atoms. The molecule has 230 valence electrons. The molecule has 0 radical (unpaired) electrons. The van der Waals surface area contributed by atoms with E-state index in [2.05, 4.69) is 19.4 Å². The quantitative estimate of drug-likeness (QED) is 0.221. The molecular weight excluding hydrogens is 563 g/mol. The molecule has 2 unspecified atom stereocenters. The number of carbonyl (C=O) groups excluding carboxylic acids is 1. The zero-order chi connectivity index (χ0) is 32.0. The molecule has 1 heterocycles. The Hall–Kier alpha value is -4.06. The number of alkyl halides is 3. The van der Waals surface area contributed by atoms with Crippen LogP contribution in [0.1, 0.15) is 42.0 Å². The first-order chi connectivity index (χ1) is 19.7. The van der Waals surface area contributed by atoms with E-state index in [1.54, 1.807) is 31.6 Å². The van der Waals surface area contributed by atoms with Gasteiger partial charge in [-0.15, -0.1) is 0 Å². The summed E-state index contributed by atoms with van der Waals surface area (Å²) in [5.41, 5.74) is 2.60. The highest BCUT2D eigenvalue weighted by Gasteiger charge is 2.44. The summed E-state index contributed by atoms with van der Waals surface area (Å²) in [6, 6.07) is 7.30. The van der Waals surface area contributed by atoms with Crippen molar-refractivity contribution in [1.82, 2.24) is 9.97 Å². The SMILES string of the molecule is CC(=O)/C=C\c1ccc(F)cc1C.COCC(C(C)c1ccc(OC)c(F)c1O)C(F)(F)F.COc1ncc(C)cn1. The van der Waals surface area contributed by atoms with Crippen molar-refractivity contribution in [2.45, 2.75) is 39.8 Å². The second kappa shape index (κ2) is 17.0. The van der Waals surface area contributed by atoms with Gasteiger partial charge in [-0.25, -0.2) is 14.4 Å². The standard InChI is InChI=1S/C13H16F4O3.C11H11FO.C6H8N2O/c1-7(9(6-19-2)13(15,16)17)8-4-5-10(20-3)11(14)12(8)18;1-8-7-11(12)6-5-10(8)4-3-9(2)13;1-5-3-7-6(9-2)8-4-5/h4-5,7,9,18H,6H2,1-3H3;3-7H,1-2H3;3-4H,1-2H3/b;4-3-;. The van der Waals surface area contributed by atoms with Crippen LogP contribution in [0.4, 0.5) is 22.0 Å². The smallest absolute Gasteiger partial charge is 0.394 e. The number of ether oxygens (including phenoxy) is 3. The van der Waals surface area contributed by atoms with Gasteiger partial charge in [0.2, 0.25) is 5.82 Å². The van der Waals surface area contributed by atoms with Gasteiger partial charge in [0.05, 0.1) is 26.7 Å². The molecule has 0 aliphatic carbocycles. The monoisotopic (exact) mass is 598 g/mol. The van der Waals surface area contributed by atoms with E-state index < -0.39 is 36.2 Å². The normalized spacial score (nSPS) is 12.4. The van der Waals surface area contributed by atoms with Crippen molar-refractivity contribution >= 4 is 11.9 Å². The van der Waals surface area contributed by atoms with Gasteiger partial charge in [0.15, 0.2) is 17.3 Å². The van der Waals surface area contributed by atoms with E-state index in [-0.39, 0.29) is 22.9 Å². The van der Waals surface area contributed by atoms with Crippen molar-refractivity contribution < 1.29 is 46.1 Å². The predicted molar refractivity (Wildman–Crippen MR) is 149 cm³/mol. The van der Waals surface area contributed by atoms with E-state index >= 15 is 0 Å². The van der Waals surface area contributed by atoms with Gasteiger partial charge >= 0.3 is 12.2 Å². The lowest BCUT2D eigenvalue weighted by Crippen LogP contribution is -2.31. The number of benzene rings is 2. The molecule has 1 aromatic heterocycles. The molecule has 12 heteroatoms. The maximum atomic E-state index is 13.7. The van der Waals surface area contributed by atoms with Gasteiger partial charge in [0.25, 0.3) is 0 Å². The maximum absolute atomic E-state index is 13.7. The molecule has 1 N–H and O–H groups in total. The average Bonchev–Trinajstić information content (AvgIpc) is 2.93. The number of aromatic hydroxyl groups is 1. The summed E-state index contributed by atoms with van der Waals surface area (Å²) in [7, 11) is 3.90. The highest BCUT2D eigenvalue weighted by atomic mass is 19.4.